The maximum atomic E-state index is 12.3. The van der Waals surface area contributed by atoms with Gasteiger partial charge in [-0.1, -0.05) is 12.1 Å². The summed E-state index contributed by atoms with van der Waals surface area (Å²) in [7, 11) is 1.64. The van der Waals surface area contributed by atoms with Gasteiger partial charge in [0, 0.05) is 25.6 Å². The standard InChI is InChI=1S/C18H24N2O3/c1-23-16-7-2-4-13(10-16)8-9-19-18(22)14-11-17(21)20(12-14)15-5-3-6-15/h2,4,7,10,14-15H,3,5-6,8-9,11-12H2,1H3,(H,19,22). The average Bonchev–Trinajstić information content (AvgIpc) is 2.88. The van der Waals surface area contributed by atoms with Crippen molar-refractivity contribution in [3.63, 3.8) is 0 Å². The number of hydrogen-bond acceptors (Lipinski definition) is 3. The zero-order valence-electron chi connectivity index (χ0n) is 13.6. The third-order valence-corrected chi connectivity index (χ3v) is 4.89. The molecule has 0 radical (unpaired) electrons. The predicted octanol–water partition coefficient (Wildman–Crippen LogP) is 1.75. The number of nitrogens with one attached hydrogen (secondary N) is 1. The van der Waals surface area contributed by atoms with Crippen LogP contribution in [0.25, 0.3) is 0 Å². The highest BCUT2D eigenvalue weighted by molar-refractivity contribution is 5.89. The number of ether oxygens (including phenoxy) is 1. The second-order valence-corrected chi connectivity index (χ2v) is 6.42. The Hall–Kier alpha value is -2.04. The van der Waals surface area contributed by atoms with E-state index in [4.69, 9.17) is 4.74 Å². The van der Waals surface area contributed by atoms with Gasteiger partial charge >= 0.3 is 0 Å². The Morgan fingerprint density at radius 2 is 2.22 bits per heavy atom. The zero-order chi connectivity index (χ0) is 16.2. The summed E-state index contributed by atoms with van der Waals surface area (Å²) in [5.41, 5.74) is 1.13. The second-order valence-electron chi connectivity index (χ2n) is 6.42. The van der Waals surface area contributed by atoms with E-state index in [0.29, 0.717) is 25.6 Å². The summed E-state index contributed by atoms with van der Waals surface area (Å²) in [4.78, 5) is 26.2. The number of rotatable bonds is 6. The van der Waals surface area contributed by atoms with E-state index < -0.39 is 0 Å². The Morgan fingerprint density at radius 3 is 2.91 bits per heavy atom. The van der Waals surface area contributed by atoms with Crippen LogP contribution in [0.5, 0.6) is 5.75 Å². The number of likely N-dealkylation sites (tertiary alicyclic amines) is 1. The van der Waals surface area contributed by atoms with Gasteiger partial charge in [-0.25, -0.2) is 0 Å². The molecule has 1 unspecified atom stereocenters. The maximum Gasteiger partial charge on any atom is 0.225 e. The molecule has 1 saturated heterocycles. The van der Waals surface area contributed by atoms with Gasteiger partial charge in [0.2, 0.25) is 11.8 Å². The minimum atomic E-state index is -0.187. The molecule has 1 heterocycles. The van der Waals surface area contributed by atoms with Crippen LogP contribution < -0.4 is 10.1 Å². The van der Waals surface area contributed by atoms with Gasteiger partial charge in [-0.05, 0) is 43.4 Å². The lowest BCUT2D eigenvalue weighted by Gasteiger charge is -2.34. The molecule has 1 aromatic rings. The molecular weight excluding hydrogens is 292 g/mol. The normalized spacial score (nSPS) is 21.2. The molecule has 2 aliphatic rings. The molecule has 0 aromatic heterocycles. The van der Waals surface area contributed by atoms with E-state index in [2.05, 4.69) is 5.32 Å². The number of amides is 2. The highest BCUT2D eigenvalue weighted by atomic mass is 16.5. The van der Waals surface area contributed by atoms with Crippen LogP contribution in [0.4, 0.5) is 0 Å². The van der Waals surface area contributed by atoms with Gasteiger partial charge in [-0.15, -0.1) is 0 Å². The highest BCUT2D eigenvalue weighted by Gasteiger charge is 2.39. The Labute approximate surface area is 137 Å². The van der Waals surface area contributed by atoms with Gasteiger partial charge in [-0.3, -0.25) is 9.59 Å². The largest absolute Gasteiger partial charge is 0.497 e. The van der Waals surface area contributed by atoms with Crippen LogP contribution >= 0.6 is 0 Å². The highest BCUT2D eigenvalue weighted by Crippen LogP contribution is 2.30. The molecule has 0 bridgehead atoms. The molecule has 3 rings (SSSR count). The lowest BCUT2D eigenvalue weighted by Crippen LogP contribution is -2.42. The van der Waals surface area contributed by atoms with Crippen LogP contribution in [0.15, 0.2) is 24.3 Å². The number of carbonyl (C=O) groups excluding carboxylic acids is 2. The van der Waals surface area contributed by atoms with Crippen molar-refractivity contribution in [3.05, 3.63) is 29.8 Å². The van der Waals surface area contributed by atoms with Crippen LogP contribution in [-0.4, -0.2) is 43.0 Å². The van der Waals surface area contributed by atoms with Crippen molar-refractivity contribution in [2.75, 3.05) is 20.2 Å². The molecular formula is C18H24N2O3. The first kappa shape index (κ1) is 15.8. The molecule has 1 aliphatic heterocycles. The third-order valence-electron chi connectivity index (χ3n) is 4.89. The maximum absolute atomic E-state index is 12.3. The third kappa shape index (κ3) is 3.66. The minimum absolute atomic E-state index is 0.00284. The molecule has 1 aliphatic carbocycles. The summed E-state index contributed by atoms with van der Waals surface area (Å²) < 4.78 is 5.20. The quantitative estimate of drug-likeness (QED) is 0.870. The lowest BCUT2D eigenvalue weighted by atomic mass is 9.92. The summed E-state index contributed by atoms with van der Waals surface area (Å²) in [5, 5.41) is 2.97. The second kappa shape index (κ2) is 7.02. The van der Waals surface area contributed by atoms with Gasteiger partial charge in [0.25, 0.3) is 0 Å². The van der Waals surface area contributed by atoms with E-state index in [1.807, 2.05) is 29.2 Å². The van der Waals surface area contributed by atoms with Crippen molar-refractivity contribution in [1.82, 2.24) is 10.2 Å². The van der Waals surface area contributed by atoms with Gasteiger partial charge < -0.3 is 15.0 Å². The molecule has 2 amide bonds. The van der Waals surface area contributed by atoms with Crippen molar-refractivity contribution in [2.24, 2.45) is 5.92 Å². The van der Waals surface area contributed by atoms with E-state index in [-0.39, 0.29) is 17.7 Å². The Kier molecular flexibility index (Phi) is 4.84. The van der Waals surface area contributed by atoms with Crippen LogP contribution in [0, 0.1) is 5.92 Å². The number of benzene rings is 1. The molecule has 1 atom stereocenters. The predicted molar refractivity (Wildman–Crippen MR) is 87.2 cm³/mol. The van der Waals surface area contributed by atoms with Crippen LogP contribution in [0.2, 0.25) is 0 Å². The van der Waals surface area contributed by atoms with Crippen LogP contribution in [-0.2, 0) is 16.0 Å². The van der Waals surface area contributed by atoms with E-state index in [0.717, 1.165) is 30.6 Å². The molecule has 23 heavy (non-hydrogen) atoms. The van der Waals surface area contributed by atoms with Gasteiger partial charge in [0.15, 0.2) is 0 Å². The Bertz CT molecular complexity index is 583. The van der Waals surface area contributed by atoms with Crippen molar-refractivity contribution < 1.29 is 14.3 Å². The molecule has 1 saturated carbocycles. The van der Waals surface area contributed by atoms with E-state index in [9.17, 15) is 9.59 Å². The first-order valence-electron chi connectivity index (χ1n) is 8.37. The topological polar surface area (TPSA) is 58.6 Å². The smallest absolute Gasteiger partial charge is 0.225 e. The van der Waals surface area contributed by atoms with Gasteiger partial charge in [0.1, 0.15) is 5.75 Å². The summed E-state index contributed by atoms with van der Waals surface area (Å²) in [6.45, 7) is 1.18. The number of hydrogen-bond donors (Lipinski definition) is 1. The average molecular weight is 316 g/mol. The zero-order valence-corrected chi connectivity index (χ0v) is 13.6. The number of methoxy groups -OCH3 is 1. The molecule has 5 nitrogen and oxygen atoms in total. The Balaban J connectivity index is 1.45. The number of nitrogens with zero attached hydrogens (tertiary/aromatic N) is 1. The molecule has 1 N–H and O–H groups in total. The molecule has 1 aromatic carbocycles. The van der Waals surface area contributed by atoms with E-state index in [1.54, 1.807) is 7.11 Å². The first-order valence-corrected chi connectivity index (χ1v) is 8.37. The van der Waals surface area contributed by atoms with Crippen LogP contribution in [0.1, 0.15) is 31.2 Å². The fourth-order valence-electron chi connectivity index (χ4n) is 3.26. The summed E-state index contributed by atoms with van der Waals surface area (Å²) in [6.07, 6.45) is 4.51. The minimum Gasteiger partial charge on any atom is -0.497 e. The van der Waals surface area contributed by atoms with Gasteiger partial charge in [0.05, 0.1) is 13.0 Å². The molecule has 2 fully saturated rings. The summed E-state index contributed by atoms with van der Waals surface area (Å²) in [6, 6.07) is 8.23. The van der Waals surface area contributed by atoms with Crippen molar-refractivity contribution in [3.8, 4) is 5.75 Å². The first-order chi connectivity index (χ1) is 11.2. The van der Waals surface area contributed by atoms with Crippen molar-refractivity contribution in [1.29, 1.82) is 0 Å². The monoisotopic (exact) mass is 316 g/mol. The van der Waals surface area contributed by atoms with Crippen molar-refractivity contribution in [2.45, 2.75) is 38.1 Å². The van der Waals surface area contributed by atoms with Crippen LogP contribution in [0.3, 0.4) is 0 Å². The number of carbonyl (C=O) groups is 2. The Morgan fingerprint density at radius 1 is 1.39 bits per heavy atom. The van der Waals surface area contributed by atoms with E-state index in [1.165, 1.54) is 6.42 Å². The van der Waals surface area contributed by atoms with Gasteiger partial charge in [-0.2, -0.15) is 0 Å². The molecule has 0 spiro atoms. The fourth-order valence-corrected chi connectivity index (χ4v) is 3.26. The fraction of sp³-hybridized carbons (Fsp3) is 0.556. The summed E-state index contributed by atoms with van der Waals surface area (Å²) >= 11 is 0. The SMILES string of the molecule is COc1cccc(CCNC(=O)C2CC(=O)N(C3CCC3)C2)c1. The molecule has 124 valence electrons. The van der Waals surface area contributed by atoms with E-state index >= 15 is 0 Å². The van der Waals surface area contributed by atoms with Crippen molar-refractivity contribution >= 4 is 11.8 Å². The summed E-state index contributed by atoms with van der Waals surface area (Å²) in [5.74, 6) is 0.783. The molecule has 5 heteroatoms. The lowest BCUT2D eigenvalue weighted by molar-refractivity contribution is -0.131.